The molecule has 0 aliphatic heterocycles. The summed E-state index contributed by atoms with van der Waals surface area (Å²) < 4.78 is 5.82. The highest BCUT2D eigenvalue weighted by atomic mass is 16.5. The third-order valence-electron chi connectivity index (χ3n) is 3.85. The maximum absolute atomic E-state index is 5.82. The highest BCUT2D eigenvalue weighted by molar-refractivity contribution is 5.29. The summed E-state index contributed by atoms with van der Waals surface area (Å²) in [6.45, 7) is 6.94. The summed E-state index contributed by atoms with van der Waals surface area (Å²) in [4.78, 5) is 4.51. The number of ether oxygens (including phenoxy) is 1. The quantitative estimate of drug-likeness (QED) is 0.767. The van der Waals surface area contributed by atoms with E-state index in [1.54, 1.807) is 0 Å². The van der Waals surface area contributed by atoms with Crippen molar-refractivity contribution in [3.63, 3.8) is 0 Å². The lowest BCUT2D eigenvalue weighted by Gasteiger charge is -2.13. The van der Waals surface area contributed by atoms with Gasteiger partial charge in [0.1, 0.15) is 12.4 Å². The molecule has 0 spiro atoms. The first-order valence-electron chi connectivity index (χ1n) is 7.59. The number of nitrogens with zero attached hydrogens (tertiary/aromatic N) is 1. The maximum Gasteiger partial charge on any atom is 0.140 e. The third-order valence-corrected chi connectivity index (χ3v) is 3.85. The van der Waals surface area contributed by atoms with Gasteiger partial charge < -0.3 is 10.1 Å². The molecular formula is C16H26N2O. The van der Waals surface area contributed by atoms with E-state index in [4.69, 9.17) is 4.74 Å². The second-order valence-electron chi connectivity index (χ2n) is 5.45. The number of hydrogen-bond acceptors (Lipinski definition) is 3. The standard InChI is InChI=1S/C16H26N2O/c1-3-15-16(9-8-13(2)18-15)19-11-10-17-12-14-6-4-5-7-14/h8-9,14,17H,3-7,10-12H2,1-2H3. The van der Waals surface area contributed by atoms with Crippen LogP contribution in [0.2, 0.25) is 0 Å². The van der Waals surface area contributed by atoms with Gasteiger partial charge in [0.25, 0.3) is 0 Å². The molecule has 3 nitrogen and oxygen atoms in total. The topological polar surface area (TPSA) is 34.1 Å². The number of aryl methyl sites for hydroxylation is 2. The largest absolute Gasteiger partial charge is 0.490 e. The van der Waals surface area contributed by atoms with Crippen molar-refractivity contribution < 1.29 is 4.74 Å². The monoisotopic (exact) mass is 262 g/mol. The minimum absolute atomic E-state index is 0.727. The van der Waals surface area contributed by atoms with Crippen molar-refractivity contribution in [2.45, 2.75) is 46.0 Å². The van der Waals surface area contributed by atoms with E-state index in [9.17, 15) is 0 Å². The molecule has 1 aliphatic rings. The fraction of sp³-hybridized carbons (Fsp3) is 0.688. The van der Waals surface area contributed by atoms with Crippen molar-refractivity contribution in [3.05, 3.63) is 23.5 Å². The Kier molecular flexibility index (Phi) is 5.64. The summed E-state index contributed by atoms with van der Waals surface area (Å²) in [6, 6.07) is 4.05. The van der Waals surface area contributed by atoms with Gasteiger partial charge in [-0.1, -0.05) is 19.8 Å². The van der Waals surface area contributed by atoms with Gasteiger partial charge in [0, 0.05) is 12.2 Å². The Bertz CT molecular complexity index is 386. The Balaban J connectivity index is 1.67. The number of rotatable bonds is 7. The average molecular weight is 262 g/mol. The van der Waals surface area contributed by atoms with E-state index < -0.39 is 0 Å². The first-order valence-corrected chi connectivity index (χ1v) is 7.59. The molecule has 2 rings (SSSR count). The van der Waals surface area contributed by atoms with Crippen molar-refractivity contribution >= 4 is 0 Å². The lowest BCUT2D eigenvalue weighted by Crippen LogP contribution is -2.26. The van der Waals surface area contributed by atoms with Gasteiger partial charge in [-0.25, -0.2) is 0 Å². The number of nitrogens with one attached hydrogen (secondary N) is 1. The van der Waals surface area contributed by atoms with E-state index in [-0.39, 0.29) is 0 Å². The van der Waals surface area contributed by atoms with Gasteiger partial charge in [0.2, 0.25) is 0 Å². The molecule has 0 bridgehead atoms. The third kappa shape index (κ3) is 4.50. The molecule has 0 aromatic carbocycles. The molecule has 1 heterocycles. The average Bonchev–Trinajstić information content (AvgIpc) is 2.93. The van der Waals surface area contributed by atoms with Crippen LogP contribution < -0.4 is 10.1 Å². The summed E-state index contributed by atoms with van der Waals surface area (Å²) in [5.41, 5.74) is 2.12. The molecular weight excluding hydrogens is 236 g/mol. The molecule has 1 fully saturated rings. The Morgan fingerprint density at radius 2 is 2.11 bits per heavy atom. The van der Waals surface area contributed by atoms with E-state index in [1.165, 1.54) is 25.7 Å². The van der Waals surface area contributed by atoms with Crippen molar-refractivity contribution in [3.8, 4) is 5.75 Å². The molecule has 1 aliphatic carbocycles. The molecule has 0 unspecified atom stereocenters. The Hall–Kier alpha value is -1.09. The Morgan fingerprint density at radius 3 is 2.84 bits per heavy atom. The summed E-state index contributed by atoms with van der Waals surface area (Å²) in [5, 5.41) is 3.50. The van der Waals surface area contributed by atoms with Crippen molar-refractivity contribution in [2.75, 3.05) is 19.7 Å². The number of pyridine rings is 1. The van der Waals surface area contributed by atoms with Crippen LogP contribution in [0.3, 0.4) is 0 Å². The predicted molar refractivity (Wildman–Crippen MR) is 78.7 cm³/mol. The van der Waals surface area contributed by atoms with Gasteiger partial charge in [-0.2, -0.15) is 0 Å². The van der Waals surface area contributed by atoms with Crippen LogP contribution in [-0.4, -0.2) is 24.7 Å². The van der Waals surface area contributed by atoms with Crippen LogP contribution in [0.1, 0.15) is 44.0 Å². The fourth-order valence-electron chi connectivity index (χ4n) is 2.74. The smallest absolute Gasteiger partial charge is 0.140 e. The highest BCUT2D eigenvalue weighted by Gasteiger charge is 2.13. The molecule has 1 aromatic rings. The van der Waals surface area contributed by atoms with Crippen molar-refractivity contribution in [1.82, 2.24) is 10.3 Å². The molecule has 1 N–H and O–H groups in total. The van der Waals surface area contributed by atoms with Crippen LogP contribution in [0, 0.1) is 12.8 Å². The van der Waals surface area contributed by atoms with E-state index in [0.29, 0.717) is 0 Å². The zero-order valence-electron chi connectivity index (χ0n) is 12.2. The summed E-state index contributed by atoms with van der Waals surface area (Å²) >= 11 is 0. The minimum Gasteiger partial charge on any atom is -0.490 e. The fourth-order valence-corrected chi connectivity index (χ4v) is 2.74. The van der Waals surface area contributed by atoms with E-state index in [0.717, 1.165) is 49.2 Å². The molecule has 19 heavy (non-hydrogen) atoms. The molecule has 106 valence electrons. The number of hydrogen-bond donors (Lipinski definition) is 1. The van der Waals surface area contributed by atoms with Crippen molar-refractivity contribution in [2.24, 2.45) is 5.92 Å². The number of aromatic nitrogens is 1. The molecule has 3 heteroatoms. The molecule has 0 saturated heterocycles. The van der Waals surface area contributed by atoms with Gasteiger partial charge in [-0.15, -0.1) is 0 Å². The molecule has 1 saturated carbocycles. The molecule has 1 aromatic heterocycles. The Morgan fingerprint density at radius 1 is 1.32 bits per heavy atom. The van der Waals surface area contributed by atoms with Gasteiger partial charge >= 0.3 is 0 Å². The van der Waals surface area contributed by atoms with Gasteiger partial charge in [0.05, 0.1) is 5.69 Å². The SMILES string of the molecule is CCc1nc(C)ccc1OCCNCC1CCCC1. The highest BCUT2D eigenvalue weighted by Crippen LogP contribution is 2.23. The zero-order valence-corrected chi connectivity index (χ0v) is 12.2. The van der Waals surface area contributed by atoms with Crippen LogP contribution in [0.4, 0.5) is 0 Å². The Labute approximate surface area is 116 Å². The van der Waals surface area contributed by atoms with Gasteiger partial charge in [-0.3, -0.25) is 4.98 Å². The van der Waals surface area contributed by atoms with Crippen LogP contribution >= 0.6 is 0 Å². The van der Waals surface area contributed by atoms with Crippen LogP contribution in [0.15, 0.2) is 12.1 Å². The first kappa shape index (κ1) is 14.3. The molecule has 0 amide bonds. The van der Waals surface area contributed by atoms with Gasteiger partial charge in [-0.05, 0) is 50.8 Å². The van der Waals surface area contributed by atoms with Crippen LogP contribution in [0.5, 0.6) is 5.75 Å². The first-order chi connectivity index (χ1) is 9.29. The summed E-state index contributed by atoms with van der Waals surface area (Å²) in [7, 11) is 0. The van der Waals surface area contributed by atoms with Crippen molar-refractivity contribution in [1.29, 1.82) is 0 Å². The second kappa shape index (κ2) is 7.49. The maximum atomic E-state index is 5.82. The lowest BCUT2D eigenvalue weighted by atomic mass is 10.1. The normalized spacial score (nSPS) is 15.9. The van der Waals surface area contributed by atoms with E-state index in [1.807, 2.05) is 19.1 Å². The van der Waals surface area contributed by atoms with E-state index in [2.05, 4.69) is 17.2 Å². The van der Waals surface area contributed by atoms with Crippen LogP contribution in [0.25, 0.3) is 0 Å². The lowest BCUT2D eigenvalue weighted by molar-refractivity contribution is 0.304. The summed E-state index contributed by atoms with van der Waals surface area (Å²) in [6.07, 6.45) is 6.55. The minimum atomic E-state index is 0.727. The molecule has 0 atom stereocenters. The predicted octanol–water partition coefficient (Wildman–Crippen LogP) is 3.11. The van der Waals surface area contributed by atoms with Gasteiger partial charge in [0.15, 0.2) is 0 Å². The second-order valence-corrected chi connectivity index (χ2v) is 5.45. The van der Waals surface area contributed by atoms with Crippen LogP contribution in [-0.2, 0) is 6.42 Å². The molecule has 0 radical (unpaired) electrons. The summed E-state index contributed by atoms with van der Waals surface area (Å²) in [5.74, 6) is 1.84. The van der Waals surface area contributed by atoms with E-state index >= 15 is 0 Å². The zero-order chi connectivity index (χ0) is 13.5.